The van der Waals surface area contributed by atoms with E-state index < -0.39 is 11.8 Å². The zero-order chi connectivity index (χ0) is 23.0. The summed E-state index contributed by atoms with van der Waals surface area (Å²) >= 11 is 0. The minimum atomic E-state index is -0.470. The van der Waals surface area contributed by atoms with Crippen molar-refractivity contribution in [3.63, 3.8) is 0 Å². The number of amides is 2. The molecule has 3 aromatic rings. The van der Waals surface area contributed by atoms with E-state index in [1.807, 2.05) is 6.07 Å². The van der Waals surface area contributed by atoms with Gasteiger partial charge >= 0.3 is 0 Å². The van der Waals surface area contributed by atoms with E-state index >= 15 is 0 Å². The number of nitrogens with one attached hydrogen (secondary N) is 2. The van der Waals surface area contributed by atoms with Crippen LogP contribution in [0.4, 0.5) is 5.69 Å². The van der Waals surface area contributed by atoms with Crippen molar-refractivity contribution in [2.24, 2.45) is 0 Å². The van der Waals surface area contributed by atoms with Gasteiger partial charge in [0.2, 0.25) is 0 Å². The van der Waals surface area contributed by atoms with E-state index in [9.17, 15) is 14.4 Å². The van der Waals surface area contributed by atoms with Crippen LogP contribution in [0.5, 0.6) is 17.2 Å². The molecule has 0 bridgehead atoms. The van der Waals surface area contributed by atoms with Gasteiger partial charge < -0.3 is 24.8 Å². The van der Waals surface area contributed by atoms with Crippen molar-refractivity contribution >= 4 is 23.3 Å². The quantitative estimate of drug-likeness (QED) is 0.516. The topological polar surface area (TPSA) is 103 Å². The summed E-state index contributed by atoms with van der Waals surface area (Å²) in [5, 5.41) is 5.32. The van der Waals surface area contributed by atoms with Crippen molar-refractivity contribution in [3.8, 4) is 17.2 Å². The second-order valence-electron chi connectivity index (χ2n) is 7.16. The number of anilines is 1. The summed E-state index contributed by atoms with van der Waals surface area (Å²) in [6.07, 6.45) is 0. The zero-order valence-electron chi connectivity index (χ0n) is 17.7. The number of benzene rings is 3. The van der Waals surface area contributed by atoms with Crippen molar-refractivity contribution in [3.05, 3.63) is 83.9 Å². The van der Waals surface area contributed by atoms with Crippen molar-refractivity contribution in [1.29, 1.82) is 0 Å². The van der Waals surface area contributed by atoms with Gasteiger partial charge in [0.05, 0.1) is 12.1 Å². The molecule has 0 atom stereocenters. The van der Waals surface area contributed by atoms with E-state index in [0.29, 0.717) is 36.0 Å². The molecular formula is C25H22N2O6. The lowest BCUT2D eigenvalue weighted by Crippen LogP contribution is -2.30. The Balaban J connectivity index is 1.33. The Hall–Kier alpha value is -4.33. The molecular weight excluding hydrogens is 424 g/mol. The third-order valence-corrected chi connectivity index (χ3v) is 4.82. The predicted octanol–water partition coefficient (Wildman–Crippen LogP) is 3.09. The number of carbonyl (C=O) groups is 3. The summed E-state index contributed by atoms with van der Waals surface area (Å²) in [7, 11) is 0. The summed E-state index contributed by atoms with van der Waals surface area (Å²) in [5.41, 5.74) is 1.28. The Morgan fingerprint density at radius 2 is 1.58 bits per heavy atom. The maximum atomic E-state index is 12.6. The van der Waals surface area contributed by atoms with E-state index in [0.717, 1.165) is 0 Å². The number of hydrogen-bond acceptors (Lipinski definition) is 6. The van der Waals surface area contributed by atoms with Crippen LogP contribution < -0.4 is 24.8 Å². The maximum Gasteiger partial charge on any atom is 0.262 e. The molecule has 0 fully saturated rings. The molecule has 1 aliphatic heterocycles. The van der Waals surface area contributed by atoms with Crippen molar-refractivity contribution in [1.82, 2.24) is 5.32 Å². The second kappa shape index (κ2) is 10.3. The van der Waals surface area contributed by atoms with Crippen LogP contribution >= 0.6 is 0 Å². The number of hydrogen-bond donors (Lipinski definition) is 2. The van der Waals surface area contributed by atoms with Crippen LogP contribution in [0.1, 0.15) is 20.7 Å². The minimum Gasteiger partial charge on any atom is -0.486 e. The van der Waals surface area contributed by atoms with Gasteiger partial charge in [0, 0.05) is 17.3 Å². The van der Waals surface area contributed by atoms with Crippen molar-refractivity contribution in [2.75, 3.05) is 31.7 Å². The van der Waals surface area contributed by atoms with Crippen LogP contribution in [-0.4, -0.2) is 44.0 Å². The Labute approximate surface area is 190 Å². The summed E-state index contributed by atoms with van der Waals surface area (Å²) in [6, 6.07) is 20.3. The second-order valence-corrected chi connectivity index (χ2v) is 7.16. The highest BCUT2D eigenvalue weighted by atomic mass is 16.6. The summed E-state index contributed by atoms with van der Waals surface area (Å²) in [4.78, 5) is 37.2. The highest BCUT2D eigenvalue weighted by Crippen LogP contribution is 2.32. The first kappa shape index (κ1) is 21.9. The minimum absolute atomic E-state index is 0.151. The fourth-order valence-electron chi connectivity index (χ4n) is 3.22. The normalized spacial score (nSPS) is 11.9. The zero-order valence-corrected chi connectivity index (χ0v) is 17.7. The lowest BCUT2D eigenvalue weighted by molar-refractivity contribution is -0.118. The molecule has 168 valence electrons. The Kier molecular flexibility index (Phi) is 6.84. The monoisotopic (exact) mass is 446 g/mol. The molecule has 4 rings (SSSR count). The van der Waals surface area contributed by atoms with Gasteiger partial charge in [-0.25, -0.2) is 0 Å². The van der Waals surface area contributed by atoms with Gasteiger partial charge in [0.25, 0.3) is 11.8 Å². The summed E-state index contributed by atoms with van der Waals surface area (Å²) < 4.78 is 16.6. The van der Waals surface area contributed by atoms with Crippen LogP contribution in [0.25, 0.3) is 0 Å². The number of ether oxygens (including phenoxy) is 3. The third kappa shape index (κ3) is 5.68. The summed E-state index contributed by atoms with van der Waals surface area (Å²) in [6.45, 7) is 0.479. The number of para-hydroxylation sites is 1. The number of ketones is 1. The smallest absolute Gasteiger partial charge is 0.262 e. The predicted molar refractivity (Wildman–Crippen MR) is 121 cm³/mol. The van der Waals surface area contributed by atoms with Gasteiger partial charge in [0.1, 0.15) is 19.0 Å². The SMILES string of the molecule is O=C(COc1ccccc1C(=O)NCC(=O)c1ccccc1)Nc1ccc2c(c1)OCCO2. The molecule has 8 nitrogen and oxygen atoms in total. The Bertz CT molecular complexity index is 1160. The van der Waals surface area contributed by atoms with Gasteiger partial charge in [-0.15, -0.1) is 0 Å². The molecule has 0 radical (unpaired) electrons. The first-order chi connectivity index (χ1) is 16.1. The number of fused-ring (bicyclic) bond motifs is 1. The molecule has 8 heteroatoms. The summed E-state index contributed by atoms with van der Waals surface area (Å²) in [5.74, 6) is 0.345. The van der Waals surface area contributed by atoms with Gasteiger partial charge in [-0.1, -0.05) is 42.5 Å². The largest absolute Gasteiger partial charge is 0.486 e. The fourth-order valence-corrected chi connectivity index (χ4v) is 3.22. The van der Waals surface area contributed by atoms with Gasteiger partial charge in [-0.05, 0) is 24.3 Å². The van der Waals surface area contributed by atoms with Crippen LogP contribution in [-0.2, 0) is 4.79 Å². The lowest BCUT2D eigenvalue weighted by atomic mass is 10.1. The molecule has 0 aromatic heterocycles. The molecule has 0 unspecified atom stereocenters. The number of carbonyl (C=O) groups excluding carboxylic acids is 3. The molecule has 0 saturated carbocycles. The molecule has 3 aromatic carbocycles. The van der Waals surface area contributed by atoms with Gasteiger partial charge in [0.15, 0.2) is 23.9 Å². The van der Waals surface area contributed by atoms with Gasteiger partial charge in [-0.2, -0.15) is 0 Å². The maximum absolute atomic E-state index is 12.6. The van der Waals surface area contributed by atoms with Crippen molar-refractivity contribution in [2.45, 2.75) is 0 Å². The molecule has 1 aliphatic rings. The molecule has 2 amide bonds. The van der Waals surface area contributed by atoms with Crippen LogP contribution in [0.15, 0.2) is 72.8 Å². The molecule has 0 spiro atoms. The van der Waals surface area contributed by atoms with Gasteiger partial charge in [-0.3, -0.25) is 14.4 Å². The first-order valence-electron chi connectivity index (χ1n) is 10.4. The lowest BCUT2D eigenvalue weighted by Gasteiger charge is -2.19. The average molecular weight is 446 g/mol. The molecule has 0 saturated heterocycles. The van der Waals surface area contributed by atoms with Crippen molar-refractivity contribution < 1.29 is 28.6 Å². The number of Topliss-reactive ketones (excluding diaryl/α,β-unsaturated/α-hetero) is 1. The highest BCUT2D eigenvalue weighted by Gasteiger charge is 2.16. The van der Waals surface area contributed by atoms with Crippen LogP contribution in [0, 0.1) is 0 Å². The molecule has 2 N–H and O–H groups in total. The molecule has 1 heterocycles. The highest BCUT2D eigenvalue weighted by molar-refractivity contribution is 6.03. The molecule has 0 aliphatic carbocycles. The van der Waals surface area contributed by atoms with Crippen LogP contribution in [0.2, 0.25) is 0 Å². The van der Waals surface area contributed by atoms with E-state index in [1.165, 1.54) is 0 Å². The Morgan fingerprint density at radius 3 is 2.39 bits per heavy atom. The fraction of sp³-hybridized carbons (Fsp3) is 0.160. The third-order valence-electron chi connectivity index (χ3n) is 4.82. The van der Waals surface area contributed by atoms with E-state index in [2.05, 4.69) is 10.6 Å². The average Bonchev–Trinajstić information content (AvgIpc) is 2.86. The first-order valence-corrected chi connectivity index (χ1v) is 10.4. The van der Waals surface area contributed by atoms with E-state index in [1.54, 1.807) is 66.7 Å². The Morgan fingerprint density at radius 1 is 0.848 bits per heavy atom. The van der Waals surface area contributed by atoms with E-state index in [4.69, 9.17) is 14.2 Å². The molecule has 33 heavy (non-hydrogen) atoms. The van der Waals surface area contributed by atoms with E-state index in [-0.39, 0.29) is 30.2 Å². The standard InChI is InChI=1S/C25H22N2O6/c28-20(17-6-2-1-3-7-17)15-26-25(30)19-8-4-5-9-21(19)33-16-24(29)27-18-10-11-22-23(14-18)32-13-12-31-22/h1-11,14H,12-13,15-16H2,(H,26,30)(H,27,29). The van der Waals surface area contributed by atoms with Crippen LogP contribution in [0.3, 0.4) is 0 Å². The number of rotatable bonds is 8.